The molecule has 0 rings (SSSR count). The third-order valence-corrected chi connectivity index (χ3v) is 1.56. The minimum atomic E-state index is 0.505. The molecule has 0 saturated heterocycles. The van der Waals surface area contributed by atoms with Gasteiger partial charge >= 0.3 is 0 Å². The minimum Gasteiger partial charge on any atom is -0.302 e. The molecular weight excluding hydrogens is 136 g/mol. The molecule has 11 heavy (non-hydrogen) atoms. The molecule has 0 aromatic rings. The fourth-order valence-electron chi connectivity index (χ4n) is 1.18. The van der Waals surface area contributed by atoms with Crippen molar-refractivity contribution in [2.24, 2.45) is 0 Å². The van der Waals surface area contributed by atoms with Gasteiger partial charge in [0.1, 0.15) is 0 Å². The molecule has 0 fully saturated rings. The zero-order valence-corrected chi connectivity index (χ0v) is 8.28. The van der Waals surface area contributed by atoms with E-state index in [1.54, 1.807) is 0 Å². The van der Waals surface area contributed by atoms with E-state index in [-0.39, 0.29) is 0 Å². The lowest BCUT2D eigenvalue weighted by atomic mass is 10.2. The normalized spacial score (nSPS) is 13.9. The first-order valence-electron chi connectivity index (χ1n) is 4.70. The van der Waals surface area contributed by atoms with Gasteiger partial charge in [0.25, 0.3) is 0 Å². The van der Waals surface area contributed by atoms with Crippen molar-refractivity contribution in [3.8, 4) is 0 Å². The quantitative estimate of drug-likeness (QED) is 0.575. The Morgan fingerprint density at radius 2 is 1.82 bits per heavy atom. The van der Waals surface area contributed by atoms with Gasteiger partial charge in [0, 0.05) is 6.04 Å². The molecule has 1 unspecified atom stereocenters. The zero-order chi connectivity index (χ0) is 8.69. The summed E-state index contributed by atoms with van der Waals surface area (Å²) in [5, 5.41) is 6.87. The first kappa shape index (κ1) is 10.9. The number of nitrogens with one attached hydrogen (secondary N) is 2. The van der Waals surface area contributed by atoms with Crippen LogP contribution in [-0.2, 0) is 0 Å². The van der Waals surface area contributed by atoms with Crippen LogP contribution in [0.2, 0.25) is 0 Å². The monoisotopic (exact) mass is 158 g/mol. The van der Waals surface area contributed by atoms with Crippen molar-refractivity contribution in [1.82, 2.24) is 10.6 Å². The van der Waals surface area contributed by atoms with Crippen LogP contribution < -0.4 is 10.6 Å². The van der Waals surface area contributed by atoms with Crippen LogP contribution in [0.1, 0.15) is 40.5 Å². The Labute approximate surface area is 70.8 Å². The van der Waals surface area contributed by atoms with Gasteiger partial charge in [0.05, 0.1) is 6.17 Å². The standard InChI is InChI=1S/C9H22N2/c1-5-7-9(10-6-2)11-8(3)4/h8-11H,5-7H2,1-4H3. The van der Waals surface area contributed by atoms with Gasteiger partial charge in [-0.3, -0.25) is 5.32 Å². The maximum absolute atomic E-state index is 3.47. The molecule has 0 saturated carbocycles. The molecule has 2 N–H and O–H groups in total. The third-order valence-electron chi connectivity index (χ3n) is 1.56. The van der Waals surface area contributed by atoms with Gasteiger partial charge in [-0.2, -0.15) is 0 Å². The van der Waals surface area contributed by atoms with Crippen molar-refractivity contribution < 1.29 is 0 Å². The molecule has 0 aliphatic heterocycles. The molecule has 2 nitrogen and oxygen atoms in total. The van der Waals surface area contributed by atoms with Crippen molar-refractivity contribution >= 4 is 0 Å². The predicted molar refractivity (Wildman–Crippen MR) is 50.6 cm³/mol. The smallest absolute Gasteiger partial charge is 0.0573 e. The first-order valence-corrected chi connectivity index (χ1v) is 4.70. The Morgan fingerprint density at radius 1 is 1.18 bits per heavy atom. The number of hydrogen-bond acceptors (Lipinski definition) is 2. The van der Waals surface area contributed by atoms with E-state index in [4.69, 9.17) is 0 Å². The minimum absolute atomic E-state index is 0.505. The zero-order valence-electron chi connectivity index (χ0n) is 8.28. The van der Waals surface area contributed by atoms with Crippen molar-refractivity contribution in [2.75, 3.05) is 6.54 Å². The largest absolute Gasteiger partial charge is 0.302 e. The van der Waals surface area contributed by atoms with E-state index in [1.807, 2.05) is 0 Å². The Bertz CT molecular complexity index is 75.6. The average molecular weight is 158 g/mol. The van der Waals surface area contributed by atoms with Crippen molar-refractivity contribution in [2.45, 2.75) is 52.7 Å². The number of hydrogen-bond donors (Lipinski definition) is 2. The highest BCUT2D eigenvalue weighted by Crippen LogP contribution is 1.94. The Kier molecular flexibility index (Phi) is 6.57. The lowest BCUT2D eigenvalue weighted by Crippen LogP contribution is -2.45. The van der Waals surface area contributed by atoms with Crippen LogP contribution in [-0.4, -0.2) is 18.8 Å². The van der Waals surface area contributed by atoms with Gasteiger partial charge in [0.2, 0.25) is 0 Å². The van der Waals surface area contributed by atoms with Gasteiger partial charge in [-0.25, -0.2) is 0 Å². The van der Waals surface area contributed by atoms with Crippen LogP contribution in [0.5, 0.6) is 0 Å². The van der Waals surface area contributed by atoms with Crippen molar-refractivity contribution in [3.63, 3.8) is 0 Å². The molecule has 1 atom stereocenters. The van der Waals surface area contributed by atoms with Gasteiger partial charge < -0.3 is 5.32 Å². The second-order valence-corrected chi connectivity index (χ2v) is 3.22. The fourth-order valence-corrected chi connectivity index (χ4v) is 1.18. The fraction of sp³-hybridized carbons (Fsp3) is 1.00. The molecule has 0 aromatic heterocycles. The van der Waals surface area contributed by atoms with Gasteiger partial charge in [0.15, 0.2) is 0 Å². The third kappa shape index (κ3) is 6.32. The summed E-state index contributed by atoms with van der Waals surface area (Å²) in [7, 11) is 0. The van der Waals surface area contributed by atoms with Crippen LogP contribution >= 0.6 is 0 Å². The van der Waals surface area contributed by atoms with E-state index in [0.717, 1.165) is 6.54 Å². The maximum Gasteiger partial charge on any atom is 0.0573 e. The van der Waals surface area contributed by atoms with Crippen LogP contribution in [0.3, 0.4) is 0 Å². The Balaban J connectivity index is 3.50. The summed E-state index contributed by atoms with van der Waals surface area (Å²) >= 11 is 0. The lowest BCUT2D eigenvalue weighted by molar-refractivity contribution is 0.376. The molecular formula is C9H22N2. The second-order valence-electron chi connectivity index (χ2n) is 3.22. The first-order chi connectivity index (χ1) is 5.20. The highest BCUT2D eigenvalue weighted by atomic mass is 15.1. The predicted octanol–water partition coefficient (Wildman–Crippen LogP) is 1.72. The van der Waals surface area contributed by atoms with Crippen molar-refractivity contribution in [1.29, 1.82) is 0 Å². The van der Waals surface area contributed by atoms with Crippen LogP contribution in [0, 0.1) is 0 Å². The molecule has 0 aliphatic rings. The maximum atomic E-state index is 3.47. The second kappa shape index (κ2) is 6.62. The molecule has 0 amide bonds. The van der Waals surface area contributed by atoms with E-state index < -0.39 is 0 Å². The van der Waals surface area contributed by atoms with E-state index in [9.17, 15) is 0 Å². The topological polar surface area (TPSA) is 24.1 Å². The van der Waals surface area contributed by atoms with Crippen molar-refractivity contribution in [3.05, 3.63) is 0 Å². The number of rotatable bonds is 6. The summed E-state index contributed by atoms with van der Waals surface area (Å²) in [5.41, 5.74) is 0. The van der Waals surface area contributed by atoms with Crippen LogP contribution in [0.4, 0.5) is 0 Å². The van der Waals surface area contributed by atoms with Crippen LogP contribution in [0.15, 0.2) is 0 Å². The van der Waals surface area contributed by atoms with Gasteiger partial charge in [-0.1, -0.05) is 20.3 Å². The van der Waals surface area contributed by atoms with E-state index in [2.05, 4.69) is 38.3 Å². The van der Waals surface area contributed by atoms with E-state index in [0.29, 0.717) is 12.2 Å². The Hall–Kier alpha value is -0.0800. The lowest BCUT2D eigenvalue weighted by Gasteiger charge is -2.21. The average Bonchev–Trinajstić information content (AvgIpc) is 1.87. The molecule has 0 bridgehead atoms. The SMILES string of the molecule is CCCC(NCC)NC(C)C. The van der Waals surface area contributed by atoms with E-state index >= 15 is 0 Å². The summed E-state index contributed by atoms with van der Waals surface area (Å²) in [6, 6.07) is 0.575. The highest BCUT2D eigenvalue weighted by Gasteiger charge is 2.05. The summed E-state index contributed by atoms with van der Waals surface area (Å²) in [4.78, 5) is 0. The van der Waals surface area contributed by atoms with Gasteiger partial charge in [-0.05, 0) is 26.8 Å². The summed E-state index contributed by atoms with van der Waals surface area (Å²) in [6.07, 6.45) is 2.95. The molecule has 0 radical (unpaired) electrons. The molecule has 0 spiro atoms. The van der Waals surface area contributed by atoms with E-state index in [1.165, 1.54) is 12.8 Å². The summed E-state index contributed by atoms with van der Waals surface area (Å²) in [5.74, 6) is 0. The molecule has 68 valence electrons. The molecule has 0 aromatic carbocycles. The molecule has 0 heterocycles. The van der Waals surface area contributed by atoms with Crippen LogP contribution in [0.25, 0.3) is 0 Å². The van der Waals surface area contributed by atoms with Gasteiger partial charge in [-0.15, -0.1) is 0 Å². The molecule has 0 aliphatic carbocycles. The highest BCUT2D eigenvalue weighted by molar-refractivity contribution is 4.65. The Morgan fingerprint density at radius 3 is 2.18 bits per heavy atom. The molecule has 2 heteroatoms. The summed E-state index contributed by atoms with van der Waals surface area (Å²) < 4.78 is 0. The summed E-state index contributed by atoms with van der Waals surface area (Å²) in [6.45, 7) is 9.77.